The van der Waals surface area contributed by atoms with Gasteiger partial charge in [-0.15, -0.1) is 0 Å². The van der Waals surface area contributed by atoms with Crippen LogP contribution in [0.2, 0.25) is 5.02 Å². The molecule has 0 aliphatic carbocycles. The Bertz CT molecular complexity index is 1540. The van der Waals surface area contributed by atoms with Crippen molar-refractivity contribution in [1.29, 1.82) is 0 Å². The number of ether oxygens (including phenoxy) is 5. The van der Waals surface area contributed by atoms with Gasteiger partial charge in [0, 0.05) is 23.8 Å². The molecule has 0 bridgehead atoms. The van der Waals surface area contributed by atoms with Crippen molar-refractivity contribution < 1.29 is 42.9 Å². The molecule has 3 aromatic carbocycles. The Balaban J connectivity index is 1.43. The van der Waals surface area contributed by atoms with Gasteiger partial charge in [-0.1, -0.05) is 24.8 Å². The Labute approximate surface area is 279 Å². The number of rotatable bonds is 18. The molecule has 0 heterocycles. The van der Waals surface area contributed by atoms with E-state index in [4.69, 9.17) is 35.3 Å². The maximum atomic E-state index is 12.8. The number of anilines is 1. The molecular formula is C36H38ClNO9. The Morgan fingerprint density at radius 3 is 1.66 bits per heavy atom. The van der Waals surface area contributed by atoms with E-state index < -0.39 is 17.9 Å². The van der Waals surface area contributed by atoms with Crippen molar-refractivity contribution in [2.45, 2.75) is 51.7 Å². The maximum Gasteiger partial charge on any atom is 0.343 e. The van der Waals surface area contributed by atoms with Crippen LogP contribution in [0.1, 0.15) is 60.2 Å². The SMILES string of the molecule is C=CC(=O)OC(C)CCCOc1ccc(C(=O)Nc2ccc(OC(=O)c3ccc(OCCCC(C)OC(=O)C=C)cc3)cc2Cl)cc1. The first-order valence-corrected chi connectivity index (χ1v) is 15.4. The third-order valence-electron chi connectivity index (χ3n) is 6.62. The van der Waals surface area contributed by atoms with E-state index >= 15 is 0 Å². The summed E-state index contributed by atoms with van der Waals surface area (Å²) in [6.45, 7) is 11.2. The zero-order chi connectivity index (χ0) is 34.2. The van der Waals surface area contributed by atoms with Gasteiger partial charge in [-0.25, -0.2) is 14.4 Å². The zero-order valence-corrected chi connectivity index (χ0v) is 27.1. The van der Waals surface area contributed by atoms with Crippen molar-refractivity contribution >= 4 is 41.1 Å². The van der Waals surface area contributed by atoms with Crippen LogP contribution in [-0.4, -0.2) is 49.2 Å². The van der Waals surface area contributed by atoms with Crippen LogP contribution in [0.15, 0.2) is 92.0 Å². The lowest BCUT2D eigenvalue weighted by Gasteiger charge is -2.13. The van der Waals surface area contributed by atoms with Gasteiger partial charge >= 0.3 is 17.9 Å². The topological polar surface area (TPSA) is 126 Å². The zero-order valence-electron chi connectivity index (χ0n) is 26.4. The number of carbonyl (C=O) groups is 4. The summed E-state index contributed by atoms with van der Waals surface area (Å²) in [6.07, 6.45) is 4.41. The van der Waals surface area contributed by atoms with Crippen LogP contribution in [0.3, 0.4) is 0 Å². The molecule has 2 atom stereocenters. The van der Waals surface area contributed by atoms with Crippen LogP contribution in [0.25, 0.3) is 0 Å². The lowest BCUT2D eigenvalue weighted by molar-refractivity contribution is -0.143. The molecular weight excluding hydrogens is 626 g/mol. The second kappa shape index (κ2) is 18.8. The van der Waals surface area contributed by atoms with Crippen LogP contribution < -0.4 is 19.5 Å². The molecule has 3 aromatic rings. The Morgan fingerprint density at radius 1 is 0.723 bits per heavy atom. The largest absolute Gasteiger partial charge is 0.494 e. The van der Waals surface area contributed by atoms with Crippen molar-refractivity contribution in [2.75, 3.05) is 18.5 Å². The summed E-state index contributed by atoms with van der Waals surface area (Å²) in [7, 11) is 0. The number of nitrogens with one attached hydrogen (secondary N) is 1. The fourth-order valence-corrected chi connectivity index (χ4v) is 4.36. The first-order valence-electron chi connectivity index (χ1n) is 15.0. The molecule has 0 spiro atoms. The number of hydrogen-bond acceptors (Lipinski definition) is 9. The van der Waals surface area contributed by atoms with E-state index in [1.165, 1.54) is 12.1 Å². The number of hydrogen-bond donors (Lipinski definition) is 1. The highest BCUT2D eigenvalue weighted by Crippen LogP contribution is 2.28. The highest BCUT2D eigenvalue weighted by Gasteiger charge is 2.14. The molecule has 1 N–H and O–H groups in total. The lowest BCUT2D eigenvalue weighted by Crippen LogP contribution is -2.14. The smallest absolute Gasteiger partial charge is 0.343 e. The second-order valence-electron chi connectivity index (χ2n) is 10.4. The average molecular weight is 664 g/mol. The van der Waals surface area contributed by atoms with E-state index in [0.717, 1.165) is 12.2 Å². The minimum absolute atomic E-state index is 0.189. The van der Waals surface area contributed by atoms with Crippen LogP contribution >= 0.6 is 11.6 Å². The molecule has 0 aliphatic rings. The van der Waals surface area contributed by atoms with Gasteiger partial charge in [0.15, 0.2) is 0 Å². The van der Waals surface area contributed by atoms with Crippen LogP contribution in [0.5, 0.6) is 17.2 Å². The third-order valence-corrected chi connectivity index (χ3v) is 6.93. The maximum absolute atomic E-state index is 12.8. The molecule has 0 aromatic heterocycles. The van der Waals surface area contributed by atoms with Crippen molar-refractivity contribution in [3.05, 3.63) is 108 Å². The molecule has 0 saturated carbocycles. The Kier molecular flexibility index (Phi) is 14.5. The normalized spacial score (nSPS) is 11.7. The number of carbonyl (C=O) groups excluding carboxylic acids is 4. The molecule has 2 unspecified atom stereocenters. The van der Waals surface area contributed by atoms with Crippen molar-refractivity contribution in [3.63, 3.8) is 0 Å². The number of esters is 3. The molecule has 10 nitrogen and oxygen atoms in total. The molecule has 11 heteroatoms. The highest BCUT2D eigenvalue weighted by molar-refractivity contribution is 6.34. The fourth-order valence-electron chi connectivity index (χ4n) is 4.14. The van der Waals surface area contributed by atoms with Gasteiger partial charge in [0.05, 0.1) is 41.7 Å². The van der Waals surface area contributed by atoms with E-state index in [1.54, 1.807) is 68.4 Å². The molecule has 47 heavy (non-hydrogen) atoms. The predicted octanol–water partition coefficient (Wildman–Crippen LogP) is 7.36. The minimum atomic E-state index is -0.588. The van der Waals surface area contributed by atoms with E-state index in [1.807, 2.05) is 0 Å². The summed E-state index contributed by atoms with van der Waals surface area (Å²) in [6, 6.07) is 17.6. The van der Waals surface area contributed by atoms with E-state index in [9.17, 15) is 19.2 Å². The summed E-state index contributed by atoms with van der Waals surface area (Å²) in [5.41, 5.74) is 1.05. The van der Waals surface area contributed by atoms with Gasteiger partial charge in [-0.3, -0.25) is 4.79 Å². The van der Waals surface area contributed by atoms with Crippen molar-refractivity contribution in [2.24, 2.45) is 0 Å². The van der Waals surface area contributed by atoms with Crippen molar-refractivity contribution in [1.82, 2.24) is 0 Å². The minimum Gasteiger partial charge on any atom is -0.494 e. The second-order valence-corrected chi connectivity index (χ2v) is 10.8. The first kappa shape index (κ1) is 36.4. The van der Waals surface area contributed by atoms with E-state index in [0.29, 0.717) is 67.2 Å². The number of halogens is 1. The van der Waals surface area contributed by atoms with Gasteiger partial charge in [0.2, 0.25) is 0 Å². The summed E-state index contributed by atoms with van der Waals surface area (Å²) >= 11 is 6.37. The molecule has 0 saturated heterocycles. The quantitative estimate of drug-likeness (QED) is 0.0642. The van der Waals surface area contributed by atoms with Crippen LogP contribution in [-0.2, 0) is 19.1 Å². The van der Waals surface area contributed by atoms with E-state index in [-0.39, 0.29) is 28.9 Å². The Morgan fingerprint density at radius 2 is 1.19 bits per heavy atom. The predicted molar refractivity (Wildman–Crippen MR) is 178 cm³/mol. The van der Waals surface area contributed by atoms with Crippen molar-refractivity contribution in [3.8, 4) is 17.2 Å². The first-order chi connectivity index (χ1) is 22.6. The summed E-state index contributed by atoms with van der Waals surface area (Å²) in [5.74, 6) is -0.494. The van der Waals surface area contributed by atoms with E-state index in [2.05, 4.69) is 18.5 Å². The summed E-state index contributed by atoms with van der Waals surface area (Å²) < 4.78 is 27.1. The van der Waals surface area contributed by atoms with Gasteiger partial charge in [-0.05, 0) is 100 Å². The average Bonchev–Trinajstić information content (AvgIpc) is 3.06. The molecule has 248 valence electrons. The third kappa shape index (κ3) is 12.7. The highest BCUT2D eigenvalue weighted by atomic mass is 35.5. The standard InChI is InChI=1S/C36H38ClNO9/c1-5-33(39)45-24(3)9-7-21-43-28-15-11-26(12-16-28)35(41)38-32-20-19-30(23-31(32)37)47-36(42)27-13-17-29(18-14-27)44-22-8-10-25(4)46-34(40)6-2/h5-6,11-20,23-25H,1-2,7-10,21-22H2,3-4H3,(H,38,41). The monoisotopic (exact) mass is 663 g/mol. The number of benzene rings is 3. The summed E-state index contributed by atoms with van der Waals surface area (Å²) in [5, 5.41) is 2.94. The number of amides is 1. The molecule has 0 fully saturated rings. The molecule has 3 rings (SSSR count). The van der Waals surface area contributed by atoms with Gasteiger partial charge < -0.3 is 29.0 Å². The van der Waals surface area contributed by atoms with Gasteiger partial charge in [0.1, 0.15) is 17.2 Å². The Hall–Kier alpha value is -5.09. The van der Waals surface area contributed by atoms with Gasteiger partial charge in [-0.2, -0.15) is 0 Å². The van der Waals surface area contributed by atoms with Crippen LogP contribution in [0, 0.1) is 0 Å². The molecule has 0 radical (unpaired) electrons. The van der Waals surface area contributed by atoms with Gasteiger partial charge in [0.25, 0.3) is 5.91 Å². The summed E-state index contributed by atoms with van der Waals surface area (Å²) in [4.78, 5) is 47.9. The molecule has 0 aliphatic heterocycles. The lowest BCUT2D eigenvalue weighted by atomic mass is 10.2. The van der Waals surface area contributed by atoms with Crippen LogP contribution in [0.4, 0.5) is 5.69 Å². The fraction of sp³-hybridized carbons (Fsp3) is 0.278. The molecule has 1 amide bonds.